The summed E-state index contributed by atoms with van der Waals surface area (Å²) in [4.78, 5) is 37.2. The van der Waals surface area contributed by atoms with Crippen LogP contribution in [0.4, 0.5) is 13.2 Å². The third kappa shape index (κ3) is 6.30. The minimum absolute atomic E-state index is 0.0502. The first-order chi connectivity index (χ1) is 14.0. The Balaban J connectivity index is 0.000000396. The fourth-order valence-corrected chi connectivity index (χ4v) is 3.44. The number of pyridine rings is 1. The topological polar surface area (TPSA) is 92.1 Å². The number of carboxylic acids is 1. The SMILES string of the molecule is CN(C)C(=O)Cn1c2c(ccc1=O)CCN(C1CCOC1)CC2.O=C(O)C(F)(F)F. The average molecular weight is 433 g/mol. The Hall–Kier alpha value is -2.40. The number of carboxylic acid groups (broad SMARTS) is 1. The summed E-state index contributed by atoms with van der Waals surface area (Å²) in [5, 5.41) is 7.12. The largest absolute Gasteiger partial charge is 0.490 e. The predicted molar refractivity (Wildman–Crippen MR) is 101 cm³/mol. The van der Waals surface area contributed by atoms with Crippen molar-refractivity contribution >= 4 is 11.9 Å². The molecule has 0 saturated carbocycles. The van der Waals surface area contributed by atoms with Gasteiger partial charge < -0.3 is 19.3 Å². The van der Waals surface area contributed by atoms with Crippen molar-refractivity contribution in [1.29, 1.82) is 0 Å². The highest BCUT2D eigenvalue weighted by Crippen LogP contribution is 2.19. The minimum Gasteiger partial charge on any atom is -0.475 e. The van der Waals surface area contributed by atoms with E-state index in [0.29, 0.717) is 6.04 Å². The summed E-state index contributed by atoms with van der Waals surface area (Å²) in [6.45, 7) is 3.68. The van der Waals surface area contributed by atoms with Gasteiger partial charge >= 0.3 is 12.1 Å². The van der Waals surface area contributed by atoms with Gasteiger partial charge in [0.25, 0.3) is 5.56 Å². The highest BCUT2D eigenvalue weighted by molar-refractivity contribution is 5.75. The quantitative estimate of drug-likeness (QED) is 0.757. The lowest BCUT2D eigenvalue weighted by Crippen LogP contribution is -2.37. The van der Waals surface area contributed by atoms with Crippen molar-refractivity contribution in [3.8, 4) is 0 Å². The summed E-state index contributed by atoms with van der Waals surface area (Å²) in [6.07, 6.45) is -2.27. The lowest BCUT2D eigenvalue weighted by molar-refractivity contribution is -0.192. The number of amides is 1. The van der Waals surface area contributed by atoms with Gasteiger partial charge in [0.2, 0.25) is 5.91 Å². The summed E-state index contributed by atoms with van der Waals surface area (Å²) in [5.74, 6) is -2.81. The van der Waals surface area contributed by atoms with Gasteiger partial charge in [-0.1, -0.05) is 6.07 Å². The Morgan fingerprint density at radius 1 is 1.23 bits per heavy atom. The van der Waals surface area contributed by atoms with Crippen LogP contribution >= 0.6 is 0 Å². The van der Waals surface area contributed by atoms with Crippen LogP contribution in [0.5, 0.6) is 0 Å². The second-order valence-electron chi connectivity index (χ2n) is 7.37. The Bertz CT molecular complexity index is 817. The van der Waals surface area contributed by atoms with Crippen molar-refractivity contribution in [2.45, 2.75) is 38.0 Å². The number of carbonyl (C=O) groups excluding carboxylic acids is 1. The van der Waals surface area contributed by atoms with Gasteiger partial charge in [-0.3, -0.25) is 14.5 Å². The van der Waals surface area contributed by atoms with E-state index < -0.39 is 12.1 Å². The van der Waals surface area contributed by atoms with E-state index in [1.807, 2.05) is 6.07 Å². The van der Waals surface area contributed by atoms with Gasteiger partial charge in [0.15, 0.2) is 0 Å². The molecular weight excluding hydrogens is 407 g/mol. The number of alkyl halides is 3. The second kappa shape index (κ2) is 10.1. The monoisotopic (exact) mass is 433 g/mol. The smallest absolute Gasteiger partial charge is 0.475 e. The minimum atomic E-state index is -5.08. The molecule has 0 radical (unpaired) electrons. The van der Waals surface area contributed by atoms with E-state index >= 15 is 0 Å². The molecule has 3 heterocycles. The maximum atomic E-state index is 12.3. The van der Waals surface area contributed by atoms with Crippen molar-refractivity contribution in [2.75, 3.05) is 40.4 Å². The molecule has 2 aliphatic rings. The van der Waals surface area contributed by atoms with E-state index in [1.165, 1.54) is 10.5 Å². The molecule has 8 nitrogen and oxygen atoms in total. The van der Waals surface area contributed by atoms with Gasteiger partial charge in [-0.2, -0.15) is 13.2 Å². The fraction of sp³-hybridized carbons (Fsp3) is 0.632. The molecule has 1 fully saturated rings. The zero-order chi connectivity index (χ0) is 22.5. The molecule has 0 bridgehead atoms. The Morgan fingerprint density at radius 3 is 2.40 bits per heavy atom. The van der Waals surface area contributed by atoms with Gasteiger partial charge in [-0.05, 0) is 18.4 Å². The first-order valence-corrected chi connectivity index (χ1v) is 9.54. The maximum absolute atomic E-state index is 12.3. The van der Waals surface area contributed by atoms with Crippen LogP contribution in [0, 0.1) is 0 Å². The molecule has 3 rings (SSSR count). The van der Waals surface area contributed by atoms with E-state index in [1.54, 1.807) is 24.7 Å². The number of halogens is 3. The number of likely N-dealkylation sites (N-methyl/N-ethyl adjacent to an activating group) is 1. The molecule has 1 amide bonds. The molecule has 1 saturated heterocycles. The molecule has 1 unspecified atom stereocenters. The summed E-state index contributed by atoms with van der Waals surface area (Å²) in [5.41, 5.74) is 2.13. The van der Waals surface area contributed by atoms with E-state index in [0.717, 1.165) is 51.3 Å². The van der Waals surface area contributed by atoms with Crippen LogP contribution in [0.3, 0.4) is 0 Å². The molecule has 1 aromatic heterocycles. The van der Waals surface area contributed by atoms with E-state index in [-0.39, 0.29) is 18.0 Å². The molecule has 0 aliphatic carbocycles. The lowest BCUT2D eigenvalue weighted by Gasteiger charge is -2.25. The van der Waals surface area contributed by atoms with Crippen molar-refractivity contribution in [2.24, 2.45) is 0 Å². The summed E-state index contributed by atoms with van der Waals surface area (Å²) >= 11 is 0. The van der Waals surface area contributed by atoms with Crippen LogP contribution in [0.1, 0.15) is 17.7 Å². The van der Waals surface area contributed by atoms with Crippen LogP contribution in [0.2, 0.25) is 0 Å². The molecule has 11 heteroatoms. The number of carbonyl (C=O) groups is 2. The summed E-state index contributed by atoms with van der Waals surface area (Å²) in [6, 6.07) is 4.02. The standard InChI is InChI=1S/C17H25N3O3.C2HF3O2/c1-18(2)17(22)11-20-15-6-9-19(14-7-10-23-12-14)8-5-13(15)3-4-16(20)21;3-2(4,5)1(6)7/h3-4,14H,5-12H2,1-2H3;(H,6,7). The molecule has 1 N–H and O–H groups in total. The molecule has 0 aromatic carbocycles. The van der Waals surface area contributed by atoms with Gasteiger partial charge in [0.05, 0.1) is 6.61 Å². The van der Waals surface area contributed by atoms with Crippen molar-refractivity contribution in [1.82, 2.24) is 14.4 Å². The number of rotatable bonds is 3. The first kappa shape index (κ1) is 23.9. The van der Waals surface area contributed by atoms with Crippen molar-refractivity contribution in [3.05, 3.63) is 33.7 Å². The van der Waals surface area contributed by atoms with E-state index in [9.17, 15) is 22.8 Å². The number of fused-ring (bicyclic) bond motifs is 1. The predicted octanol–water partition coefficient (Wildman–Crippen LogP) is 0.759. The fourth-order valence-electron chi connectivity index (χ4n) is 3.44. The zero-order valence-electron chi connectivity index (χ0n) is 16.9. The van der Waals surface area contributed by atoms with Crippen LogP contribution in [0.15, 0.2) is 16.9 Å². The molecule has 0 spiro atoms. The van der Waals surface area contributed by atoms with Gasteiger partial charge in [0, 0.05) is 58.0 Å². The van der Waals surface area contributed by atoms with E-state index in [2.05, 4.69) is 4.90 Å². The van der Waals surface area contributed by atoms with Crippen LogP contribution in [-0.4, -0.2) is 84.0 Å². The summed E-state index contributed by atoms with van der Waals surface area (Å²) < 4.78 is 38.9. The van der Waals surface area contributed by atoms with Crippen LogP contribution < -0.4 is 5.56 Å². The van der Waals surface area contributed by atoms with E-state index in [4.69, 9.17) is 14.6 Å². The number of hydrogen-bond acceptors (Lipinski definition) is 5. The Morgan fingerprint density at radius 2 is 1.87 bits per heavy atom. The highest BCUT2D eigenvalue weighted by atomic mass is 19.4. The van der Waals surface area contributed by atoms with Crippen molar-refractivity contribution in [3.63, 3.8) is 0 Å². The molecule has 168 valence electrons. The van der Waals surface area contributed by atoms with Gasteiger partial charge in [0.1, 0.15) is 6.54 Å². The molecule has 1 atom stereocenters. The van der Waals surface area contributed by atoms with Crippen LogP contribution in [0.25, 0.3) is 0 Å². The highest BCUT2D eigenvalue weighted by Gasteiger charge is 2.38. The summed E-state index contributed by atoms with van der Waals surface area (Å²) in [7, 11) is 3.44. The average Bonchev–Trinajstić information content (AvgIpc) is 3.10. The second-order valence-corrected chi connectivity index (χ2v) is 7.37. The number of ether oxygens (including phenoxy) is 1. The van der Waals surface area contributed by atoms with Gasteiger partial charge in [-0.15, -0.1) is 0 Å². The molecule has 1 aromatic rings. The molecular formula is C19H26F3N3O5. The number of aromatic nitrogens is 1. The Labute approximate surface area is 171 Å². The zero-order valence-corrected chi connectivity index (χ0v) is 16.9. The number of nitrogens with zero attached hydrogens (tertiary/aromatic N) is 3. The first-order valence-electron chi connectivity index (χ1n) is 9.54. The molecule has 30 heavy (non-hydrogen) atoms. The number of hydrogen-bond donors (Lipinski definition) is 1. The molecule has 2 aliphatic heterocycles. The third-order valence-corrected chi connectivity index (χ3v) is 5.15. The lowest BCUT2D eigenvalue weighted by atomic mass is 10.1. The van der Waals surface area contributed by atoms with Crippen LogP contribution in [-0.2, 0) is 33.7 Å². The normalized spacial score (nSPS) is 19.3. The van der Waals surface area contributed by atoms with Crippen molar-refractivity contribution < 1.29 is 32.6 Å². The Kier molecular flexibility index (Phi) is 8.02. The third-order valence-electron chi connectivity index (χ3n) is 5.15. The number of aliphatic carboxylic acids is 1. The van der Waals surface area contributed by atoms with Gasteiger partial charge in [-0.25, -0.2) is 4.79 Å². The maximum Gasteiger partial charge on any atom is 0.490 e.